The van der Waals surface area contributed by atoms with E-state index in [2.05, 4.69) is 49.4 Å². The number of hydrogen-bond donors (Lipinski definition) is 1. The molecule has 4 rings (SSSR count). The standard InChI is InChI=1S/C33H32Cl2N2O2/c1-22-17-31(34)33(32(35)18-22)39-16-15-38-28-10-7-24(8-11-28)20-27(21-37)29-12-9-26(19-23(29)2)30-6-4-3-5-25(30)13-14-36/h3-12,17-19,27H,13,15-16,20-21,37H2,1-2H3. The van der Waals surface area contributed by atoms with Crippen LogP contribution in [0.25, 0.3) is 11.1 Å². The summed E-state index contributed by atoms with van der Waals surface area (Å²) < 4.78 is 11.6. The molecule has 0 aliphatic heterocycles. The molecule has 0 bridgehead atoms. The van der Waals surface area contributed by atoms with Gasteiger partial charge in [-0.15, -0.1) is 0 Å². The first-order valence-corrected chi connectivity index (χ1v) is 13.7. The maximum Gasteiger partial charge on any atom is 0.156 e. The third kappa shape index (κ3) is 7.34. The van der Waals surface area contributed by atoms with Gasteiger partial charge in [0.1, 0.15) is 19.0 Å². The number of hydrogen-bond acceptors (Lipinski definition) is 4. The molecule has 0 saturated heterocycles. The zero-order valence-electron chi connectivity index (χ0n) is 22.2. The van der Waals surface area contributed by atoms with Crippen molar-refractivity contribution >= 4 is 23.2 Å². The van der Waals surface area contributed by atoms with Crippen LogP contribution in [0.1, 0.15) is 33.7 Å². The Labute approximate surface area is 240 Å². The van der Waals surface area contributed by atoms with Crippen LogP contribution in [0.5, 0.6) is 11.5 Å². The van der Waals surface area contributed by atoms with Gasteiger partial charge in [0.15, 0.2) is 5.75 Å². The second-order valence-corrected chi connectivity index (χ2v) is 10.4. The number of benzene rings is 4. The van der Waals surface area contributed by atoms with Crippen molar-refractivity contribution in [1.82, 2.24) is 0 Å². The topological polar surface area (TPSA) is 68.3 Å². The van der Waals surface area contributed by atoms with Gasteiger partial charge in [0.2, 0.25) is 0 Å². The predicted molar refractivity (Wildman–Crippen MR) is 160 cm³/mol. The molecule has 2 N–H and O–H groups in total. The van der Waals surface area contributed by atoms with Crippen LogP contribution in [0.3, 0.4) is 0 Å². The minimum Gasteiger partial charge on any atom is -0.490 e. The fourth-order valence-electron chi connectivity index (χ4n) is 4.80. The van der Waals surface area contributed by atoms with E-state index in [0.29, 0.717) is 42.0 Å². The first kappa shape index (κ1) is 28.5. The van der Waals surface area contributed by atoms with Gasteiger partial charge >= 0.3 is 0 Å². The van der Waals surface area contributed by atoms with E-state index in [9.17, 15) is 5.26 Å². The molecule has 4 aromatic rings. The monoisotopic (exact) mass is 558 g/mol. The molecule has 200 valence electrons. The molecular formula is C33H32Cl2N2O2. The maximum atomic E-state index is 9.19. The summed E-state index contributed by atoms with van der Waals surface area (Å²) in [5.74, 6) is 1.44. The van der Waals surface area contributed by atoms with Crippen molar-refractivity contribution < 1.29 is 9.47 Å². The lowest BCUT2D eigenvalue weighted by molar-refractivity contribution is 0.217. The Kier molecular flexibility index (Phi) is 9.90. The summed E-state index contributed by atoms with van der Waals surface area (Å²) in [6, 6.07) is 28.6. The molecule has 39 heavy (non-hydrogen) atoms. The molecule has 1 unspecified atom stereocenters. The Morgan fingerprint density at radius 2 is 1.56 bits per heavy atom. The summed E-state index contributed by atoms with van der Waals surface area (Å²) in [7, 11) is 0. The van der Waals surface area contributed by atoms with Gasteiger partial charge in [-0.2, -0.15) is 5.26 Å². The highest BCUT2D eigenvalue weighted by molar-refractivity contribution is 6.37. The summed E-state index contributed by atoms with van der Waals surface area (Å²) >= 11 is 12.5. The van der Waals surface area contributed by atoms with E-state index in [0.717, 1.165) is 34.4 Å². The molecule has 0 amide bonds. The van der Waals surface area contributed by atoms with Gasteiger partial charge in [0.05, 0.1) is 22.5 Å². The summed E-state index contributed by atoms with van der Waals surface area (Å²) in [6.45, 7) is 5.31. The van der Waals surface area contributed by atoms with E-state index in [1.165, 1.54) is 16.7 Å². The molecule has 0 saturated carbocycles. The molecule has 0 heterocycles. The third-order valence-electron chi connectivity index (χ3n) is 6.74. The lowest BCUT2D eigenvalue weighted by Gasteiger charge is -2.19. The second kappa shape index (κ2) is 13.5. The molecule has 4 aromatic carbocycles. The van der Waals surface area contributed by atoms with Gasteiger partial charge in [-0.3, -0.25) is 0 Å². The fraction of sp³-hybridized carbons (Fsp3) is 0.242. The fourth-order valence-corrected chi connectivity index (χ4v) is 5.50. The van der Waals surface area contributed by atoms with Crippen LogP contribution < -0.4 is 15.2 Å². The van der Waals surface area contributed by atoms with Crippen LogP contribution >= 0.6 is 23.2 Å². The van der Waals surface area contributed by atoms with Gasteiger partial charge in [-0.1, -0.05) is 77.8 Å². The zero-order chi connectivity index (χ0) is 27.8. The van der Waals surface area contributed by atoms with Gasteiger partial charge < -0.3 is 15.2 Å². The number of ether oxygens (including phenoxy) is 2. The van der Waals surface area contributed by atoms with Gasteiger partial charge in [0.25, 0.3) is 0 Å². The zero-order valence-corrected chi connectivity index (χ0v) is 23.7. The Hall–Kier alpha value is -3.49. The number of nitrogens with two attached hydrogens (primary N) is 1. The summed E-state index contributed by atoms with van der Waals surface area (Å²) in [4.78, 5) is 0. The Bertz CT molecular complexity index is 1440. The van der Waals surface area contributed by atoms with Crippen LogP contribution in [0.4, 0.5) is 0 Å². The number of rotatable bonds is 11. The maximum absolute atomic E-state index is 9.19. The van der Waals surface area contributed by atoms with E-state index in [1.54, 1.807) is 0 Å². The van der Waals surface area contributed by atoms with E-state index in [-0.39, 0.29) is 5.92 Å². The van der Waals surface area contributed by atoms with Crippen LogP contribution in [-0.4, -0.2) is 19.8 Å². The van der Waals surface area contributed by atoms with Crippen molar-refractivity contribution in [3.63, 3.8) is 0 Å². The smallest absolute Gasteiger partial charge is 0.156 e. The average molecular weight is 560 g/mol. The van der Waals surface area contributed by atoms with Gasteiger partial charge in [-0.05, 0) is 90.0 Å². The number of nitrogens with zero attached hydrogens (tertiary/aromatic N) is 1. The SMILES string of the molecule is Cc1cc(Cl)c(OCCOc2ccc(CC(CN)c3ccc(-c4ccccc4CC#N)cc3C)cc2)c(Cl)c1. The minimum absolute atomic E-state index is 0.192. The molecular weight excluding hydrogens is 527 g/mol. The normalized spacial score (nSPS) is 11.6. The molecule has 4 nitrogen and oxygen atoms in total. The summed E-state index contributed by atoms with van der Waals surface area (Å²) in [5.41, 5.74) is 14.1. The van der Waals surface area contributed by atoms with Crippen molar-refractivity contribution in [3.05, 3.63) is 117 Å². The van der Waals surface area contributed by atoms with Gasteiger partial charge in [0, 0.05) is 5.92 Å². The van der Waals surface area contributed by atoms with E-state index in [4.69, 9.17) is 38.4 Å². The molecule has 0 aliphatic carbocycles. The molecule has 0 aliphatic rings. The van der Waals surface area contributed by atoms with Crippen molar-refractivity contribution in [3.8, 4) is 28.7 Å². The second-order valence-electron chi connectivity index (χ2n) is 9.60. The number of halogens is 2. The largest absolute Gasteiger partial charge is 0.490 e. The first-order chi connectivity index (χ1) is 18.9. The van der Waals surface area contributed by atoms with Crippen molar-refractivity contribution in [1.29, 1.82) is 5.26 Å². The Balaban J connectivity index is 1.36. The van der Waals surface area contributed by atoms with Crippen LogP contribution in [0.15, 0.2) is 78.9 Å². The van der Waals surface area contributed by atoms with Crippen LogP contribution in [-0.2, 0) is 12.8 Å². The van der Waals surface area contributed by atoms with E-state index >= 15 is 0 Å². The lowest BCUT2D eigenvalue weighted by Crippen LogP contribution is -2.16. The molecule has 0 aromatic heterocycles. The number of nitriles is 1. The van der Waals surface area contributed by atoms with E-state index < -0.39 is 0 Å². The van der Waals surface area contributed by atoms with Crippen LogP contribution in [0, 0.1) is 25.2 Å². The van der Waals surface area contributed by atoms with Crippen molar-refractivity contribution in [2.75, 3.05) is 19.8 Å². The predicted octanol–water partition coefficient (Wildman–Crippen LogP) is 8.09. The molecule has 6 heteroatoms. The lowest BCUT2D eigenvalue weighted by atomic mass is 9.87. The molecule has 0 fully saturated rings. The quantitative estimate of drug-likeness (QED) is 0.189. The van der Waals surface area contributed by atoms with E-state index in [1.807, 2.05) is 49.4 Å². The average Bonchev–Trinajstić information content (AvgIpc) is 2.92. The highest BCUT2D eigenvalue weighted by atomic mass is 35.5. The highest BCUT2D eigenvalue weighted by Gasteiger charge is 2.15. The Morgan fingerprint density at radius 1 is 0.872 bits per heavy atom. The third-order valence-corrected chi connectivity index (χ3v) is 7.30. The minimum atomic E-state index is 0.192. The molecule has 0 radical (unpaired) electrons. The van der Waals surface area contributed by atoms with Gasteiger partial charge in [-0.25, -0.2) is 0 Å². The highest BCUT2D eigenvalue weighted by Crippen LogP contribution is 2.34. The number of aryl methyl sites for hydroxylation is 2. The summed E-state index contributed by atoms with van der Waals surface area (Å²) in [6.07, 6.45) is 1.22. The van der Waals surface area contributed by atoms with Crippen molar-refractivity contribution in [2.24, 2.45) is 5.73 Å². The Morgan fingerprint density at radius 3 is 2.23 bits per heavy atom. The van der Waals surface area contributed by atoms with Crippen molar-refractivity contribution in [2.45, 2.75) is 32.6 Å². The van der Waals surface area contributed by atoms with Crippen LogP contribution in [0.2, 0.25) is 10.0 Å². The molecule has 1 atom stereocenters. The first-order valence-electron chi connectivity index (χ1n) is 13.0. The molecule has 0 spiro atoms. The summed E-state index contributed by atoms with van der Waals surface area (Å²) in [5, 5.41) is 10.2.